The van der Waals surface area contributed by atoms with Gasteiger partial charge in [-0.25, -0.2) is 0 Å². The van der Waals surface area contributed by atoms with E-state index in [0.717, 1.165) is 12.3 Å². The van der Waals surface area contributed by atoms with Gasteiger partial charge in [0.2, 0.25) is 0 Å². The van der Waals surface area contributed by atoms with Crippen molar-refractivity contribution in [3.63, 3.8) is 0 Å². The smallest absolute Gasteiger partial charge is 0.119 e. The molecule has 0 fully saturated rings. The first-order valence-electron chi connectivity index (χ1n) is 5.03. The van der Waals surface area contributed by atoms with Gasteiger partial charge in [-0.3, -0.25) is 0 Å². The Morgan fingerprint density at radius 2 is 2.06 bits per heavy atom. The Labute approximate surface area is 102 Å². The van der Waals surface area contributed by atoms with Gasteiger partial charge in [0.15, 0.2) is 0 Å². The number of aryl methyl sites for hydroxylation is 1. The highest BCUT2D eigenvalue weighted by Crippen LogP contribution is 2.23. The van der Waals surface area contributed by atoms with Gasteiger partial charge in [0.25, 0.3) is 0 Å². The molecule has 0 atom stereocenters. The summed E-state index contributed by atoms with van der Waals surface area (Å²) in [6.07, 6.45) is 0. The zero-order chi connectivity index (χ0) is 10.8. The third kappa shape index (κ3) is 2.15. The average molecular weight is 241 g/mol. The molecule has 2 aromatic rings. The van der Waals surface area contributed by atoms with Gasteiger partial charge >= 0.3 is 0 Å². The molecule has 0 saturated heterocycles. The lowest BCUT2D eigenvalue weighted by Gasteiger charge is -2.03. The number of aromatic nitrogens is 1. The fourth-order valence-electron chi connectivity index (χ4n) is 1.86. The SMILES string of the molecule is CNCc1cc2cc(OC)ccc2n1C.Cl. The van der Waals surface area contributed by atoms with Crippen molar-refractivity contribution in [3.8, 4) is 5.75 Å². The zero-order valence-corrected chi connectivity index (χ0v) is 10.6. The monoisotopic (exact) mass is 240 g/mol. The van der Waals surface area contributed by atoms with Gasteiger partial charge < -0.3 is 14.6 Å². The lowest BCUT2D eigenvalue weighted by molar-refractivity contribution is 0.415. The predicted molar refractivity (Wildman–Crippen MR) is 69.5 cm³/mol. The Morgan fingerprint density at radius 3 is 2.69 bits per heavy atom. The van der Waals surface area contributed by atoms with Crippen LogP contribution < -0.4 is 10.1 Å². The van der Waals surface area contributed by atoms with E-state index in [1.54, 1.807) is 7.11 Å². The highest BCUT2D eigenvalue weighted by Gasteiger charge is 2.05. The quantitative estimate of drug-likeness (QED) is 0.891. The molecule has 3 nitrogen and oxygen atoms in total. The predicted octanol–water partition coefficient (Wildman–Crippen LogP) is 2.33. The summed E-state index contributed by atoms with van der Waals surface area (Å²) in [7, 11) is 5.73. The van der Waals surface area contributed by atoms with Crippen LogP contribution in [-0.2, 0) is 13.6 Å². The molecule has 2 rings (SSSR count). The standard InChI is InChI=1S/C12H16N2O.ClH/c1-13-8-10-6-9-7-11(15-3)4-5-12(9)14(10)2;/h4-7,13H,8H2,1-3H3;1H. The summed E-state index contributed by atoms with van der Waals surface area (Å²) >= 11 is 0. The van der Waals surface area contributed by atoms with E-state index in [2.05, 4.69) is 35.1 Å². The largest absolute Gasteiger partial charge is 0.497 e. The van der Waals surface area contributed by atoms with Crippen molar-refractivity contribution in [1.82, 2.24) is 9.88 Å². The minimum Gasteiger partial charge on any atom is -0.497 e. The van der Waals surface area contributed by atoms with Crippen LogP contribution in [0.3, 0.4) is 0 Å². The number of hydrogen-bond acceptors (Lipinski definition) is 2. The summed E-state index contributed by atoms with van der Waals surface area (Å²) in [5.74, 6) is 0.907. The van der Waals surface area contributed by atoms with Crippen LogP contribution in [0.5, 0.6) is 5.75 Å². The van der Waals surface area contributed by atoms with E-state index in [4.69, 9.17) is 4.74 Å². The number of fused-ring (bicyclic) bond motifs is 1. The van der Waals surface area contributed by atoms with Crippen molar-refractivity contribution in [1.29, 1.82) is 0 Å². The van der Waals surface area contributed by atoms with Crippen molar-refractivity contribution >= 4 is 23.3 Å². The molecule has 88 valence electrons. The van der Waals surface area contributed by atoms with Gasteiger partial charge in [-0.15, -0.1) is 12.4 Å². The summed E-state index contributed by atoms with van der Waals surface area (Å²) in [5.41, 5.74) is 2.52. The first-order valence-corrected chi connectivity index (χ1v) is 5.03. The van der Waals surface area contributed by atoms with Crippen LogP contribution in [-0.4, -0.2) is 18.7 Å². The number of methoxy groups -OCH3 is 1. The van der Waals surface area contributed by atoms with E-state index in [9.17, 15) is 0 Å². The topological polar surface area (TPSA) is 26.2 Å². The molecular formula is C12H17ClN2O. The van der Waals surface area contributed by atoms with Crippen LogP contribution in [0.1, 0.15) is 5.69 Å². The van der Waals surface area contributed by atoms with E-state index < -0.39 is 0 Å². The minimum absolute atomic E-state index is 0. The molecule has 1 aromatic heterocycles. The second-order valence-electron chi connectivity index (χ2n) is 3.65. The highest BCUT2D eigenvalue weighted by atomic mass is 35.5. The maximum Gasteiger partial charge on any atom is 0.119 e. The molecule has 4 heteroatoms. The number of hydrogen-bond donors (Lipinski definition) is 1. The van der Waals surface area contributed by atoms with E-state index in [0.29, 0.717) is 0 Å². The van der Waals surface area contributed by atoms with Crippen molar-refractivity contribution in [3.05, 3.63) is 30.0 Å². The van der Waals surface area contributed by atoms with Crippen molar-refractivity contribution in [2.24, 2.45) is 7.05 Å². The molecule has 1 N–H and O–H groups in total. The van der Waals surface area contributed by atoms with E-state index in [1.165, 1.54) is 16.6 Å². The number of halogens is 1. The van der Waals surface area contributed by atoms with Crippen LogP contribution in [0.4, 0.5) is 0 Å². The normalized spacial score (nSPS) is 10.2. The Hall–Kier alpha value is -1.19. The molecule has 16 heavy (non-hydrogen) atoms. The molecule has 0 amide bonds. The third-order valence-corrected chi connectivity index (χ3v) is 2.71. The van der Waals surface area contributed by atoms with Crippen LogP contribution in [0.15, 0.2) is 24.3 Å². The van der Waals surface area contributed by atoms with Crippen LogP contribution >= 0.6 is 12.4 Å². The van der Waals surface area contributed by atoms with Gasteiger partial charge in [-0.1, -0.05) is 0 Å². The summed E-state index contributed by atoms with van der Waals surface area (Å²) < 4.78 is 7.41. The first kappa shape index (κ1) is 12.9. The first-order chi connectivity index (χ1) is 7.26. The molecular weight excluding hydrogens is 224 g/mol. The molecule has 0 unspecified atom stereocenters. The van der Waals surface area contributed by atoms with Gasteiger partial charge in [-0.2, -0.15) is 0 Å². The molecule has 0 aliphatic rings. The van der Waals surface area contributed by atoms with Crippen LogP contribution in [0.2, 0.25) is 0 Å². The molecule has 0 aliphatic carbocycles. The highest BCUT2D eigenvalue weighted by molar-refractivity contribution is 5.85. The van der Waals surface area contributed by atoms with Gasteiger partial charge in [-0.05, 0) is 31.3 Å². The zero-order valence-electron chi connectivity index (χ0n) is 9.78. The molecule has 1 heterocycles. The lowest BCUT2D eigenvalue weighted by Crippen LogP contribution is -2.08. The number of ether oxygens (including phenoxy) is 1. The van der Waals surface area contributed by atoms with E-state index >= 15 is 0 Å². The summed E-state index contributed by atoms with van der Waals surface area (Å²) in [4.78, 5) is 0. The number of benzene rings is 1. The van der Waals surface area contributed by atoms with Crippen molar-refractivity contribution < 1.29 is 4.74 Å². The van der Waals surface area contributed by atoms with E-state index in [1.807, 2.05) is 13.1 Å². The molecule has 0 spiro atoms. The second-order valence-corrected chi connectivity index (χ2v) is 3.65. The Kier molecular flexibility index (Phi) is 4.21. The fourth-order valence-corrected chi connectivity index (χ4v) is 1.86. The molecule has 0 saturated carbocycles. The van der Waals surface area contributed by atoms with Gasteiger partial charge in [0, 0.05) is 30.2 Å². The molecule has 1 aromatic carbocycles. The Bertz CT molecular complexity index is 479. The van der Waals surface area contributed by atoms with E-state index in [-0.39, 0.29) is 12.4 Å². The second kappa shape index (κ2) is 5.23. The maximum atomic E-state index is 5.21. The maximum absolute atomic E-state index is 5.21. The van der Waals surface area contributed by atoms with Crippen molar-refractivity contribution in [2.75, 3.05) is 14.2 Å². The number of nitrogens with one attached hydrogen (secondary N) is 1. The Morgan fingerprint density at radius 1 is 1.31 bits per heavy atom. The summed E-state index contributed by atoms with van der Waals surface area (Å²) in [5, 5.41) is 4.39. The van der Waals surface area contributed by atoms with Crippen LogP contribution in [0, 0.1) is 0 Å². The van der Waals surface area contributed by atoms with Gasteiger partial charge in [0.05, 0.1) is 7.11 Å². The molecule has 0 radical (unpaired) electrons. The van der Waals surface area contributed by atoms with Crippen LogP contribution in [0.25, 0.3) is 10.9 Å². The summed E-state index contributed by atoms with van der Waals surface area (Å²) in [6, 6.07) is 8.33. The number of nitrogens with zero attached hydrogens (tertiary/aromatic N) is 1. The molecule has 0 bridgehead atoms. The third-order valence-electron chi connectivity index (χ3n) is 2.71. The fraction of sp³-hybridized carbons (Fsp3) is 0.333. The van der Waals surface area contributed by atoms with Crippen molar-refractivity contribution in [2.45, 2.75) is 6.54 Å². The summed E-state index contributed by atoms with van der Waals surface area (Å²) in [6.45, 7) is 0.882. The minimum atomic E-state index is 0. The average Bonchev–Trinajstić information content (AvgIpc) is 2.56. The number of rotatable bonds is 3. The lowest BCUT2D eigenvalue weighted by atomic mass is 10.2. The Balaban J connectivity index is 0.00000128. The molecule has 0 aliphatic heterocycles. The van der Waals surface area contributed by atoms with Gasteiger partial charge in [0.1, 0.15) is 5.75 Å².